The van der Waals surface area contributed by atoms with E-state index < -0.39 is 10.0 Å². The molecule has 1 heterocycles. The zero-order valence-electron chi connectivity index (χ0n) is 16.1. The van der Waals surface area contributed by atoms with Gasteiger partial charge in [0.2, 0.25) is 15.9 Å². The minimum absolute atomic E-state index is 0.0791. The van der Waals surface area contributed by atoms with Crippen molar-refractivity contribution in [1.29, 1.82) is 0 Å². The highest BCUT2D eigenvalue weighted by Crippen LogP contribution is 2.31. The van der Waals surface area contributed by atoms with Crippen LogP contribution in [-0.2, 0) is 14.8 Å². The zero-order chi connectivity index (χ0) is 19.3. The fraction of sp³-hybridized carbons (Fsp3) is 0.650. The summed E-state index contributed by atoms with van der Waals surface area (Å²) in [5.41, 5.74) is 0.427. The van der Waals surface area contributed by atoms with E-state index >= 15 is 0 Å². The highest BCUT2D eigenvalue weighted by atomic mass is 32.2. The third-order valence-electron chi connectivity index (χ3n) is 5.60. The maximum Gasteiger partial charge on any atom is 0.243 e. The second-order valence-electron chi connectivity index (χ2n) is 7.58. The summed E-state index contributed by atoms with van der Waals surface area (Å²) in [6.45, 7) is 1.11. The molecule has 1 aliphatic carbocycles. The molecule has 2 aliphatic rings. The van der Waals surface area contributed by atoms with E-state index in [0.717, 1.165) is 38.5 Å². The van der Waals surface area contributed by atoms with Crippen molar-refractivity contribution in [2.24, 2.45) is 5.92 Å². The minimum Gasteiger partial charge on any atom is -0.495 e. The van der Waals surface area contributed by atoms with E-state index in [-0.39, 0.29) is 10.8 Å². The predicted molar refractivity (Wildman–Crippen MR) is 105 cm³/mol. The second-order valence-corrected chi connectivity index (χ2v) is 9.52. The van der Waals surface area contributed by atoms with E-state index in [1.807, 2.05) is 0 Å². The lowest BCUT2D eigenvalue weighted by atomic mass is 10.0. The van der Waals surface area contributed by atoms with Gasteiger partial charge in [0.1, 0.15) is 5.75 Å². The smallest absolute Gasteiger partial charge is 0.243 e. The molecule has 1 aromatic rings. The van der Waals surface area contributed by atoms with Crippen molar-refractivity contribution in [3.63, 3.8) is 0 Å². The molecule has 0 bridgehead atoms. The number of ether oxygens (including phenoxy) is 1. The highest BCUT2D eigenvalue weighted by molar-refractivity contribution is 7.89. The number of nitrogens with zero attached hydrogens (tertiary/aromatic N) is 1. The molecule has 1 N–H and O–H groups in total. The van der Waals surface area contributed by atoms with E-state index in [1.54, 1.807) is 16.4 Å². The van der Waals surface area contributed by atoms with Gasteiger partial charge in [-0.25, -0.2) is 8.42 Å². The number of hydrogen-bond acceptors (Lipinski definition) is 4. The molecular formula is C20H30N2O4S. The number of nitrogens with one attached hydrogen (secondary N) is 1. The molecule has 1 aromatic carbocycles. The first-order chi connectivity index (χ1) is 13.0. The first-order valence-electron chi connectivity index (χ1n) is 9.99. The average Bonchev–Trinajstić information content (AvgIpc) is 2.99. The lowest BCUT2D eigenvalue weighted by molar-refractivity contribution is -0.117. The topological polar surface area (TPSA) is 75.7 Å². The quantitative estimate of drug-likeness (QED) is 0.797. The predicted octanol–water partition coefficient (Wildman–Crippen LogP) is 3.78. The summed E-state index contributed by atoms with van der Waals surface area (Å²) >= 11 is 0. The molecule has 0 unspecified atom stereocenters. The summed E-state index contributed by atoms with van der Waals surface area (Å²) in [5.74, 6) is 0.828. The van der Waals surface area contributed by atoms with Gasteiger partial charge in [-0.2, -0.15) is 4.31 Å². The summed E-state index contributed by atoms with van der Waals surface area (Å²) in [6, 6.07) is 4.72. The van der Waals surface area contributed by atoms with Gasteiger partial charge in [-0.15, -0.1) is 0 Å². The van der Waals surface area contributed by atoms with Gasteiger partial charge in [0.05, 0.1) is 17.7 Å². The van der Waals surface area contributed by atoms with Crippen LogP contribution in [0.4, 0.5) is 5.69 Å². The fourth-order valence-corrected chi connectivity index (χ4v) is 5.60. The molecule has 0 radical (unpaired) electrons. The molecule has 0 spiro atoms. The Morgan fingerprint density at radius 3 is 2.41 bits per heavy atom. The largest absolute Gasteiger partial charge is 0.495 e. The highest BCUT2D eigenvalue weighted by Gasteiger charge is 2.26. The monoisotopic (exact) mass is 394 g/mol. The number of carbonyl (C=O) groups is 1. The van der Waals surface area contributed by atoms with E-state index in [2.05, 4.69) is 5.32 Å². The Kier molecular flexibility index (Phi) is 6.76. The first-order valence-corrected chi connectivity index (χ1v) is 11.4. The van der Waals surface area contributed by atoms with Crippen LogP contribution in [-0.4, -0.2) is 38.8 Å². The molecule has 27 heavy (non-hydrogen) atoms. The van der Waals surface area contributed by atoms with E-state index in [9.17, 15) is 13.2 Å². The van der Waals surface area contributed by atoms with Crippen LogP contribution in [0.3, 0.4) is 0 Å². The molecule has 0 aromatic heterocycles. The number of sulfonamides is 1. The molecular weight excluding hydrogens is 364 g/mol. The van der Waals surface area contributed by atoms with E-state index in [0.29, 0.717) is 36.9 Å². The van der Waals surface area contributed by atoms with Crippen LogP contribution in [0.1, 0.15) is 57.8 Å². The molecule has 1 aliphatic heterocycles. The summed E-state index contributed by atoms with van der Waals surface area (Å²) in [6.07, 6.45) is 8.94. The lowest BCUT2D eigenvalue weighted by Gasteiger charge is -2.21. The van der Waals surface area contributed by atoms with Crippen LogP contribution in [0.2, 0.25) is 0 Å². The lowest BCUT2D eigenvalue weighted by Crippen LogP contribution is -2.32. The number of rotatable bonds is 6. The summed E-state index contributed by atoms with van der Waals surface area (Å²) in [4.78, 5) is 12.6. The fourth-order valence-electron chi connectivity index (χ4n) is 4.05. The van der Waals surface area contributed by atoms with Gasteiger partial charge in [0, 0.05) is 19.5 Å². The number of methoxy groups -OCH3 is 1. The van der Waals surface area contributed by atoms with Crippen molar-refractivity contribution < 1.29 is 17.9 Å². The van der Waals surface area contributed by atoms with Gasteiger partial charge in [-0.3, -0.25) is 4.79 Å². The maximum absolute atomic E-state index is 13.0. The summed E-state index contributed by atoms with van der Waals surface area (Å²) in [5, 5.41) is 2.87. The van der Waals surface area contributed by atoms with Crippen molar-refractivity contribution in [3.8, 4) is 5.75 Å². The second kappa shape index (κ2) is 9.06. The number of carbonyl (C=O) groups excluding carboxylic acids is 1. The zero-order valence-corrected chi connectivity index (χ0v) is 16.9. The maximum atomic E-state index is 13.0. The van der Waals surface area contributed by atoms with Crippen LogP contribution in [0, 0.1) is 5.92 Å². The molecule has 0 atom stereocenters. The molecule has 1 saturated carbocycles. The number of benzene rings is 1. The molecule has 7 heteroatoms. The van der Waals surface area contributed by atoms with Crippen LogP contribution >= 0.6 is 0 Å². The Balaban J connectivity index is 1.78. The Labute approximate surface area is 162 Å². The number of anilines is 1. The van der Waals surface area contributed by atoms with Crippen LogP contribution in [0.5, 0.6) is 5.75 Å². The van der Waals surface area contributed by atoms with Crippen molar-refractivity contribution in [3.05, 3.63) is 18.2 Å². The van der Waals surface area contributed by atoms with Crippen LogP contribution in [0.15, 0.2) is 23.1 Å². The van der Waals surface area contributed by atoms with Crippen LogP contribution < -0.4 is 10.1 Å². The molecule has 1 amide bonds. The third kappa shape index (κ3) is 5.02. The van der Waals surface area contributed by atoms with Gasteiger partial charge in [-0.05, 0) is 49.8 Å². The Bertz CT molecular complexity index is 749. The van der Waals surface area contributed by atoms with Crippen molar-refractivity contribution in [2.75, 3.05) is 25.5 Å². The average molecular weight is 395 g/mol. The Morgan fingerprint density at radius 2 is 1.78 bits per heavy atom. The van der Waals surface area contributed by atoms with Gasteiger partial charge in [-0.1, -0.05) is 25.7 Å². The molecule has 150 valence electrons. The molecule has 1 saturated heterocycles. The molecule has 6 nitrogen and oxygen atoms in total. The van der Waals surface area contributed by atoms with Crippen LogP contribution in [0.25, 0.3) is 0 Å². The number of hydrogen-bond donors (Lipinski definition) is 1. The van der Waals surface area contributed by atoms with Gasteiger partial charge >= 0.3 is 0 Å². The van der Waals surface area contributed by atoms with Gasteiger partial charge < -0.3 is 10.1 Å². The van der Waals surface area contributed by atoms with Crippen molar-refractivity contribution in [2.45, 2.75) is 62.7 Å². The third-order valence-corrected chi connectivity index (χ3v) is 7.49. The van der Waals surface area contributed by atoms with E-state index in [4.69, 9.17) is 4.74 Å². The summed E-state index contributed by atoms with van der Waals surface area (Å²) < 4.78 is 32.9. The Morgan fingerprint density at radius 1 is 1.11 bits per heavy atom. The first kappa shape index (κ1) is 20.1. The SMILES string of the molecule is COc1ccc(S(=O)(=O)N2CCCCCC2)cc1NC(=O)CC1CCCC1. The van der Waals surface area contributed by atoms with Gasteiger partial charge in [0.25, 0.3) is 0 Å². The van der Waals surface area contributed by atoms with Crippen molar-refractivity contribution >= 4 is 21.6 Å². The Hall–Kier alpha value is -1.60. The number of amides is 1. The van der Waals surface area contributed by atoms with E-state index in [1.165, 1.54) is 26.0 Å². The summed E-state index contributed by atoms with van der Waals surface area (Å²) in [7, 11) is -2.05. The standard InChI is InChI=1S/C20H30N2O4S/c1-26-19-11-10-17(27(24,25)22-12-6-2-3-7-13-22)15-18(19)21-20(23)14-16-8-4-5-9-16/h10-11,15-16H,2-9,12-14H2,1H3,(H,21,23). The van der Waals surface area contributed by atoms with Crippen molar-refractivity contribution in [1.82, 2.24) is 4.31 Å². The molecule has 3 rings (SSSR count). The molecule has 2 fully saturated rings. The van der Waals surface area contributed by atoms with Gasteiger partial charge in [0.15, 0.2) is 0 Å². The normalized spacial score (nSPS) is 19.6. The minimum atomic E-state index is -3.56.